The van der Waals surface area contributed by atoms with Gasteiger partial charge in [-0.25, -0.2) is 4.39 Å². The van der Waals surface area contributed by atoms with Crippen LogP contribution in [0.2, 0.25) is 0 Å². The Balaban J connectivity index is 3.17. The molecule has 0 heterocycles. The number of hydrogen-bond donors (Lipinski definition) is 0. The highest BCUT2D eigenvalue weighted by Crippen LogP contribution is 2.32. The molecule has 0 atom stereocenters. The largest absolute Gasteiger partial charge is 0.419 e. The Morgan fingerprint density at radius 1 is 1.19 bits per heavy atom. The molecule has 1 amide bonds. The van der Waals surface area contributed by atoms with E-state index >= 15 is 0 Å². The molecule has 2 nitrogen and oxygen atoms in total. The van der Waals surface area contributed by atoms with E-state index in [-0.39, 0.29) is 17.5 Å². The number of benzene rings is 1. The highest BCUT2D eigenvalue weighted by Gasteiger charge is 2.35. The molecule has 0 N–H and O–H groups in total. The topological polar surface area (TPSA) is 20.3 Å². The maximum Gasteiger partial charge on any atom is 0.419 e. The van der Waals surface area contributed by atoms with Gasteiger partial charge in [0, 0.05) is 18.2 Å². The Bertz CT molecular complexity index is 509. The molecule has 0 bridgehead atoms. The van der Waals surface area contributed by atoms with Gasteiger partial charge in [-0.1, -0.05) is 13.8 Å². The van der Waals surface area contributed by atoms with Crippen molar-refractivity contribution in [3.63, 3.8) is 0 Å². The lowest BCUT2D eigenvalue weighted by molar-refractivity contribution is -0.140. The Morgan fingerprint density at radius 3 is 2.19 bits per heavy atom. The smallest absolute Gasteiger partial charge is 0.336 e. The van der Waals surface area contributed by atoms with E-state index < -0.39 is 23.5 Å². The summed E-state index contributed by atoms with van der Waals surface area (Å²) in [4.78, 5) is 13.8. The zero-order valence-electron chi connectivity index (χ0n) is 12.5. The second-order valence-electron chi connectivity index (χ2n) is 5.64. The molecule has 0 fully saturated rings. The summed E-state index contributed by atoms with van der Waals surface area (Å²) in [5.41, 5.74) is -1.57. The Hall–Kier alpha value is -1.59. The summed E-state index contributed by atoms with van der Waals surface area (Å²) in [6.45, 7) is 7.82. The number of carbonyl (C=O) groups excluding carboxylic acids is 1. The standard InChI is InChI=1S/C15H19F4NO/c1-9(2)8-20(10(3)4)14(21)11-5-6-13(16)12(7-11)15(17,18)19/h5-7,9-10H,8H2,1-4H3. The summed E-state index contributed by atoms with van der Waals surface area (Å²) < 4.78 is 51.3. The van der Waals surface area contributed by atoms with Gasteiger partial charge < -0.3 is 4.90 Å². The molecular formula is C15H19F4NO. The Labute approximate surface area is 121 Å². The molecule has 118 valence electrons. The minimum Gasteiger partial charge on any atom is -0.336 e. The van der Waals surface area contributed by atoms with Crippen LogP contribution in [0.4, 0.5) is 17.6 Å². The molecule has 0 aliphatic carbocycles. The summed E-state index contributed by atoms with van der Waals surface area (Å²) in [6, 6.07) is 2.19. The molecule has 0 aliphatic heterocycles. The van der Waals surface area contributed by atoms with E-state index in [0.29, 0.717) is 18.7 Å². The van der Waals surface area contributed by atoms with Gasteiger partial charge in [0.15, 0.2) is 0 Å². The predicted molar refractivity (Wildman–Crippen MR) is 72.4 cm³/mol. The molecule has 0 radical (unpaired) electrons. The lowest BCUT2D eigenvalue weighted by Crippen LogP contribution is -2.39. The summed E-state index contributed by atoms with van der Waals surface area (Å²) >= 11 is 0. The fourth-order valence-corrected chi connectivity index (χ4v) is 1.96. The van der Waals surface area contributed by atoms with Crippen molar-refractivity contribution < 1.29 is 22.4 Å². The molecule has 1 aromatic rings. The lowest BCUT2D eigenvalue weighted by atomic mass is 10.1. The quantitative estimate of drug-likeness (QED) is 0.757. The SMILES string of the molecule is CC(C)CN(C(=O)c1ccc(F)c(C(F)(F)F)c1)C(C)C. The van der Waals surface area contributed by atoms with Gasteiger partial charge in [0.25, 0.3) is 5.91 Å². The van der Waals surface area contributed by atoms with Crippen LogP contribution in [0.25, 0.3) is 0 Å². The number of amides is 1. The summed E-state index contributed by atoms with van der Waals surface area (Å²) in [5.74, 6) is -1.72. The van der Waals surface area contributed by atoms with Crippen molar-refractivity contribution in [3.8, 4) is 0 Å². The molecular weight excluding hydrogens is 286 g/mol. The number of hydrogen-bond acceptors (Lipinski definition) is 1. The number of nitrogens with zero attached hydrogens (tertiary/aromatic N) is 1. The maximum absolute atomic E-state index is 13.3. The van der Waals surface area contributed by atoms with Crippen LogP contribution in [0.1, 0.15) is 43.6 Å². The van der Waals surface area contributed by atoms with E-state index in [1.807, 2.05) is 13.8 Å². The number of rotatable bonds is 4. The number of alkyl halides is 3. The summed E-state index contributed by atoms with van der Waals surface area (Å²) in [7, 11) is 0. The second-order valence-corrected chi connectivity index (χ2v) is 5.64. The van der Waals surface area contributed by atoms with Crippen molar-refractivity contribution in [2.45, 2.75) is 39.9 Å². The van der Waals surface area contributed by atoms with E-state index in [0.717, 1.165) is 6.07 Å². The van der Waals surface area contributed by atoms with Crippen LogP contribution >= 0.6 is 0 Å². The van der Waals surface area contributed by atoms with E-state index in [4.69, 9.17) is 0 Å². The Kier molecular flexibility index (Phi) is 5.36. The van der Waals surface area contributed by atoms with Crippen molar-refractivity contribution in [3.05, 3.63) is 35.1 Å². The molecule has 1 rings (SSSR count). The third kappa shape index (κ3) is 4.44. The van der Waals surface area contributed by atoms with E-state index in [1.165, 1.54) is 4.90 Å². The van der Waals surface area contributed by atoms with Crippen LogP contribution in [0, 0.1) is 11.7 Å². The van der Waals surface area contributed by atoms with Crippen LogP contribution in [-0.4, -0.2) is 23.4 Å². The molecule has 21 heavy (non-hydrogen) atoms. The summed E-state index contributed by atoms with van der Waals surface area (Å²) in [5, 5.41) is 0. The fraction of sp³-hybridized carbons (Fsp3) is 0.533. The molecule has 1 aromatic carbocycles. The average Bonchev–Trinajstić information content (AvgIpc) is 2.33. The van der Waals surface area contributed by atoms with Crippen molar-refractivity contribution in [1.82, 2.24) is 4.90 Å². The van der Waals surface area contributed by atoms with Gasteiger partial charge in [-0.3, -0.25) is 4.79 Å². The highest BCUT2D eigenvalue weighted by molar-refractivity contribution is 5.94. The summed E-state index contributed by atoms with van der Waals surface area (Å²) in [6.07, 6.45) is -4.82. The number of halogens is 4. The maximum atomic E-state index is 13.3. The first-order valence-corrected chi connectivity index (χ1v) is 6.71. The third-order valence-corrected chi connectivity index (χ3v) is 2.96. The fourth-order valence-electron chi connectivity index (χ4n) is 1.96. The first kappa shape index (κ1) is 17.5. The van der Waals surface area contributed by atoms with E-state index in [1.54, 1.807) is 13.8 Å². The van der Waals surface area contributed by atoms with Crippen molar-refractivity contribution in [2.24, 2.45) is 5.92 Å². The van der Waals surface area contributed by atoms with Crippen molar-refractivity contribution in [2.75, 3.05) is 6.54 Å². The monoisotopic (exact) mass is 305 g/mol. The Morgan fingerprint density at radius 2 is 1.76 bits per heavy atom. The van der Waals surface area contributed by atoms with Gasteiger partial charge in [0.2, 0.25) is 0 Å². The minimum absolute atomic E-state index is 0.153. The van der Waals surface area contributed by atoms with Gasteiger partial charge in [0.05, 0.1) is 5.56 Å². The minimum atomic E-state index is -4.82. The van der Waals surface area contributed by atoms with Crippen molar-refractivity contribution >= 4 is 5.91 Å². The predicted octanol–water partition coefficient (Wildman–Crippen LogP) is 4.35. The van der Waals surface area contributed by atoms with E-state index in [2.05, 4.69) is 0 Å². The first-order chi connectivity index (χ1) is 9.54. The van der Waals surface area contributed by atoms with Gasteiger partial charge in [-0.2, -0.15) is 13.2 Å². The molecule has 0 aliphatic rings. The molecule has 0 spiro atoms. The van der Waals surface area contributed by atoms with Gasteiger partial charge in [-0.05, 0) is 38.0 Å². The van der Waals surface area contributed by atoms with Crippen LogP contribution in [-0.2, 0) is 6.18 Å². The lowest BCUT2D eigenvalue weighted by Gasteiger charge is -2.28. The van der Waals surface area contributed by atoms with Crippen LogP contribution in [0.15, 0.2) is 18.2 Å². The van der Waals surface area contributed by atoms with E-state index in [9.17, 15) is 22.4 Å². The normalized spacial score (nSPS) is 12.1. The average molecular weight is 305 g/mol. The molecule has 0 saturated carbocycles. The zero-order chi connectivity index (χ0) is 16.4. The van der Waals surface area contributed by atoms with Gasteiger partial charge >= 0.3 is 6.18 Å². The van der Waals surface area contributed by atoms with Gasteiger partial charge in [0.1, 0.15) is 5.82 Å². The first-order valence-electron chi connectivity index (χ1n) is 6.71. The molecule has 0 saturated heterocycles. The van der Waals surface area contributed by atoms with Crippen LogP contribution in [0.3, 0.4) is 0 Å². The molecule has 0 unspecified atom stereocenters. The number of carbonyl (C=O) groups is 1. The highest BCUT2D eigenvalue weighted by atomic mass is 19.4. The molecule has 6 heteroatoms. The molecule has 0 aromatic heterocycles. The second kappa shape index (κ2) is 6.45. The third-order valence-electron chi connectivity index (χ3n) is 2.96. The van der Waals surface area contributed by atoms with Crippen molar-refractivity contribution in [1.29, 1.82) is 0 Å². The van der Waals surface area contributed by atoms with Crippen LogP contribution in [0.5, 0.6) is 0 Å². The van der Waals surface area contributed by atoms with Gasteiger partial charge in [-0.15, -0.1) is 0 Å². The van der Waals surface area contributed by atoms with Crippen LogP contribution < -0.4 is 0 Å². The zero-order valence-corrected chi connectivity index (χ0v) is 12.5.